The van der Waals surface area contributed by atoms with Crippen LogP contribution in [-0.2, 0) is 28.9 Å². The minimum Gasteiger partial charge on any atom is -0.493 e. The average molecular weight is 625 g/mol. The quantitative estimate of drug-likeness (QED) is 0.137. The average Bonchev–Trinajstić information content (AvgIpc) is 3.09. The molecule has 10 heteroatoms. The summed E-state index contributed by atoms with van der Waals surface area (Å²) in [5, 5.41) is 5.97. The van der Waals surface area contributed by atoms with Gasteiger partial charge in [-0.15, -0.1) is 0 Å². The predicted octanol–water partition coefficient (Wildman–Crippen LogP) is 4.55. The van der Waals surface area contributed by atoms with E-state index >= 15 is 0 Å². The summed E-state index contributed by atoms with van der Waals surface area (Å²) in [6.07, 6.45) is 9.94. The number of amides is 2. The van der Waals surface area contributed by atoms with E-state index in [2.05, 4.69) is 20.6 Å². The summed E-state index contributed by atoms with van der Waals surface area (Å²) in [6, 6.07) is 19.8. The monoisotopic (exact) mass is 624 g/mol. The van der Waals surface area contributed by atoms with Gasteiger partial charge in [-0.1, -0.05) is 30.3 Å². The van der Waals surface area contributed by atoms with Crippen molar-refractivity contribution in [3.05, 3.63) is 114 Å². The highest BCUT2D eigenvalue weighted by molar-refractivity contribution is 6.43. The second kappa shape index (κ2) is 16.2. The van der Waals surface area contributed by atoms with Gasteiger partial charge in [-0.2, -0.15) is 0 Å². The van der Waals surface area contributed by atoms with E-state index in [0.29, 0.717) is 18.6 Å². The molecule has 240 valence electrons. The maximum atomic E-state index is 14.2. The van der Waals surface area contributed by atoms with Crippen molar-refractivity contribution < 1.29 is 28.6 Å². The van der Waals surface area contributed by atoms with Crippen LogP contribution in [0.4, 0.5) is 0 Å². The van der Waals surface area contributed by atoms with Crippen molar-refractivity contribution in [1.29, 1.82) is 0 Å². The number of aromatic nitrogens is 2. The van der Waals surface area contributed by atoms with Crippen LogP contribution in [0.5, 0.6) is 17.2 Å². The van der Waals surface area contributed by atoms with E-state index < -0.39 is 23.1 Å². The highest BCUT2D eigenvalue weighted by atomic mass is 16.5. The molecule has 0 saturated carbocycles. The van der Waals surface area contributed by atoms with Gasteiger partial charge in [0, 0.05) is 42.8 Å². The summed E-state index contributed by atoms with van der Waals surface area (Å²) in [5.74, 6) is -1.43. The van der Waals surface area contributed by atoms with Crippen LogP contribution in [0.1, 0.15) is 46.8 Å². The molecular formula is C36H40N4O6. The van der Waals surface area contributed by atoms with Crippen LogP contribution in [0.2, 0.25) is 0 Å². The van der Waals surface area contributed by atoms with E-state index in [9.17, 15) is 14.4 Å². The molecule has 0 aliphatic heterocycles. The Morgan fingerprint density at radius 2 is 1.26 bits per heavy atom. The second-order valence-electron chi connectivity index (χ2n) is 11.2. The van der Waals surface area contributed by atoms with E-state index in [1.807, 2.05) is 54.6 Å². The molecule has 10 nitrogen and oxygen atoms in total. The van der Waals surface area contributed by atoms with Crippen LogP contribution in [0.25, 0.3) is 0 Å². The molecule has 2 heterocycles. The van der Waals surface area contributed by atoms with Gasteiger partial charge in [-0.25, -0.2) is 0 Å². The Hall–Kier alpha value is -5.25. The first-order valence-electron chi connectivity index (χ1n) is 15.1. The maximum absolute atomic E-state index is 14.2. The molecule has 1 atom stereocenters. The highest BCUT2D eigenvalue weighted by Crippen LogP contribution is 2.38. The first kappa shape index (κ1) is 33.6. The molecule has 46 heavy (non-hydrogen) atoms. The molecule has 1 unspecified atom stereocenters. The van der Waals surface area contributed by atoms with Gasteiger partial charge >= 0.3 is 0 Å². The Balaban J connectivity index is 1.59. The number of Topliss-reactive ketones (excluding diaryl/α,β-unsaturated/α-hetero) is 1. The fourth-order valence-corrected chi connectivity index (χ4v) is 5.25. The number of pyridine rings is 2. The van der Waals surface area contributed by atoms with Gasteiger partial charge in [0.25, 0.3) is 5.91 Å². The Morgan fingerprint density at radius 1 is 0.739 bits per heavy atom. The van der Waals surface area contributed by atoms with E-state index in [0.717, 1.165) is 29.5 Å². The van der Waals surface area contributed by atoms with Crippen molar-refractivity contribution in [3.8, 4) is 17.2 Å². The third kappa shape index (κ3) is 8.90. The molecule has 4 rings (SSSR count). The van der Waals surface area contributed by atoms with E-state index in [1.54, 1.807) is 31.7 Å². The Morgan fingerprint density at radius 3 is 1.74 bits per heavy atom. The largest absolute Gasteiger partial charge is 0.493 e. The van der Waals surface area contributed by atoms with Crippen molar-refractivity contribution in [2.45, 2.75) is 50.6 Å². The molecule has 2 aromatic heterocycles. The molecule has 0 bridgehead atoms. The fourth-order valence-electron chi connectivity index (χ4n) is 5.25. The third-order valence-electron chi connectivity index (χ3n) is 7.82. The number of carbonyl (C=O) groups is 3. The van der Waals surface area contributed by atoms with Crippen molar-refractivity contribution in [3.63, 3.8) is 0 Å². The number of nitrogens with one attached hydrogen (secondary N) is 2. The zero-order valence-corrected chi connectivity index (χ0v) is 26.6. The molecule has 0 radical (unpaired) electrons. The van der Waals surface area contributed by atoms with Crippen LogP contribution in [0.3, 0.4) is 0 Å². The second-order valence-corrected chi connectivity index (χ2v) is 11.2. The predicted molar refractivity (Wildman–Crippen MR) is 174 cm³/mol. The van der Waals surface area contributed by atoms with Gasteiger partial charge in [0.2, 0.25) is 17.4 Å². The standard InChI is InChI=1S/C36H40N4O6/c1-36(24-27-8-6-5-7-9-27,40-34(42)32(41)28-22-30(44-2)33(46-4)31(23-28)45-3)35(43)39-29(12-10-25-14-18-37-19-15-25)13-11-26-16-20-38-21-17-26/h5-9,14-23,29H,10-13,24H2,1-4H3,(H,39,43)(H,40,42). The minimum atomic E-state index is -1.46. The molecule has 2 N–H and O–H groups in total. The maximum Gasteiger partial charge on any atom is 0.293 e. The van der Waals surface area contributed by atoms with Gasteiger partial charge in [0.15, 0.2) is 11.5 Å². The van der Waals surface area contributed by atoms with Gasteiger partial charge in [-0.05, 0) is 85.7 Å². The Bertz CT molecular complexity index is 1530. The molecule has 2 aromatic carbocycles. The SMILES string of the molecule is COc1cc(C(=O)C(=O)NC(C)(Cc2ccccc2)C(=O)NC(CCc2ccncc2)CCc2ccncc2)cc(OC)c1OC. The first-order chi connectivity index (χ1) is 22.3. The molecule has 2 amide bonds. The summed E-state index contributed by atoms with van der Waals surface area (Å²) in [5.41, 5.74) is 1.61. The van der Waals surface area contributed by atoms with Crippen molar-refractivity contribution in [2.24, 2.45) is 0 Å². The van der Waals surface area contributed by atoms with Crippen molar-refractivity contribution in [1.82, 2.24) is 20.6 Å². The van der Waals surface area contributed by atoms with E-state index in [1.165, 1.54) is 33.5 Å². The molecule has 4 aromatic rings. The summed E-state index contributed by atoms with van der Waals surface area (Å²) >= 11 is 0. The molecule has 0 saturated heterocycles. The number of hydrogen-bond donors (Lipinski definition) is 2. The Kier molecular flexibility index (Phi) is 11.8. The summed E-state index contributed by atoms with van der Waals surface area (Å²) in [6.45, 7) is 1.64. The van der Waals surface area contributed by atoms with Gasteiger partial charge < -0.3 is 24.8 Å². The van der Waals surface area contributed by atoms with Gasteiger partial charge in [0.05, 0.1) is 21.3 Å². The van der Waals surface area contributed by atoms with E-state index in [-0.39, 0.29) is 29.5 Å². The van der Waals surface area contributed by atoms with Gasteiger partial charge in [0.1, 0.15) is 5.54 Å². The van der Waals surface area contributed by atoms with Crippen LogP contribution < -0.4 is 24.8 Å². The lowest BCUT2D eigenvalue weighted by atomic mass is 9.90. The summed E-state index contributed by atoms with van der Waals surface area (Å²) in [7, 11) is 4.29. The highest BCUT2D eigenvalue weighted by Gasteiger charge is 2.38. The number of ketones is 1. The number of rotatable bonds is 16. The number of aryl methyl sites for hydroxylation is 2. The third-order valence-corrected chi connectivity index (χ3v) is 7.82. The van der Waals surface area contributed by atoms with Crippen LogP contribution in [-0.4, -0.2) is 60.5 Å². The Labute approximate surface area is 269 Å². The fraction of sp³-hybridized carbons (Fsp3) is 0.306. The van der Waals surface area contributed by atoms with Gasteiger partial charge in [-0.3, -0.25) is 24.4 Å². The lowest BCUT2D eigenvalue weighted by Crippen LogP contribution is -2.61. The van der Waals surface area contributed by atoms with Crippen LogP contribution in [0.15, 0.2) is 91.5 Å². The molecule has 0 spiro atoms. The van der Waals surface area contributed by atoms with Crippen LogP contribution in [0, 0.1) is 0 Å². The molecule has 0 aliphatic rings. The smallest absolute Gasteiger partial charge is 0.293 e. The number of nitrogens with zero attached hydrogens (tertiary/aromatic N) is 2. The topological polar surface area (TPSA) is 129 Å². The van der Waals surface area contributed by atoms with E-state index in [4.69, 9.17) is 14.2 Å². The molecular weight excluding hydrogens is 584 g/mol. The summed E-state index contributed by atoms with van der Waals surface area (Å²) in [4.78, 5) is 49.4. The molecule has 0 fully saturated rings. The number of carbonyl (C=O) groups excluding carboxylic acids is 3. The number of hydrogen-bond acceptors (Lipinski definition) is 8. The lowest BCUT2D eigenvalue weighted by Gasteiger charge is -2.32. The molecule has 0 aliphatic carbocycles. The van der Waals surface area contributed by atoms with Crippen LogP contribution >= 0.6 is 0 Å². The minimum absolute atomic E-state index is 0.0297. The number of ether oxygens (including phenoxy) is 3. The van der Waals surface area contributed by atoms with Crippen molar-refractivity contribution >= 4 is 17.6 Å². The number of benzene rings is 2. The normalized spacial score (nSPS) is 12.1. The zero-order chi connectivity index (χ0) is 32.9. The zero-order valence-electron chi connectivity index (χ0n) is 26.6. The van der Waals surface area contributed by atoms with Crippen molar-refractivity contribution in [2.75, 3.05) is 21.3 Å². The first-order valence-corrected chi connectivity index (χ1v) is 15.1. The number of methoxy groups -OCH3 is 3. The summed E-state index contributed by atoms with van der Waals surface area (Å²) < 4.78 is 16.1. The lowest BCUT2D eigenvalue weighted by molar-refractivity contribution is -0.132.